The number of pyridine rings is 1. The van der Waals surface area contributed by atoms with Crippen LogP contribution in [0, 0.1) is 0 Å². The van der Waals surface area contributed by atoms with Crippen molar-refractivity contribution in [2.75, 3.05) is 11.4 Å². The first-order chi connectivity index (χ1) is 12.1. The average Bonchev–Trinajstić information content (AvgIpc) is 2.53. The number of ether oxygens (including phenoxy) is 1. The molecule has 2 rings (SSSR count). The van der Waals surface area contributed by atoms with E-state index in [1.54, 1.807) is 4.90 Å². The predicted molar refractivity (Wildman–Crippen MR) is 107 cm³/mol. The van der Waals surface area contributed by atoms with Crippen LogP contribution in [0.1, 0.15) is 79.3 Å². The number of anilines is 1. The van der Waals surface area contributed by atoms with Crippen molar-refractivity contribution in [3.8, 4) is 0 Å². The van der Waals surface area contributed by atoms with Gasteiger partial charge in [0.25, 0.3) is 0 Å². The highest BCUT2D eigenvalue weighted by atomic mass is 16.6. The van der Waals surface area contributed by atoms with Gasteiger partial charge in [-0.25, -0.2) is 9.78 Å². The highest BCUT2D eigenvalue weighted by Crippen LogP contribution is 2.32. The van der Waals surface area contributed by atoms with Crippen LogP contribution < -0.4 is 4.90 Å². The van der Waals surface area contributed by atoms with E-state index in [0.29, 0.717) is 17.9 Å². The molecule has 1 aliphatic heterocycles. The molecule has 0 radical (unpaired) electrons. The van der Waals surface area contributed by atoms with Crippen LogP contribution >= 0.6 is 0 Å². The molecule has 1 aromatic heterocycles. The van der Waals surface area contributed by atoms with E-state index < -0.39 is 5.60 Å². The lowest BCUT2D eigenvalue weighted by molar-refractivity contribution is 0.0569. The zero-order valence-corrected chi connectivity index (χ0v) is 17.5. The van der Waals surface area contributed by atoms with Gasteiger partial charge in [-0.2, -0.15) is 0 Å². The normalized spacial score (nSPS) is 19.0. The topological polar surface area (TPSA) is 45.7 Å². The van der Waals surface area contributed by atoms with Crippen LogP contribution in [0.3, 0.4) is 0 Å². The van der Waals surface area contributed by atoms with E-state index in [1.807, 2.05) is 46.9 Å². The molecule has 0 spiro atoms. The van der Waals surface area contributed by atoms with Crippen molar-refractivity contribution in [1.29, 1.82) is 0 Å². The number of carbonyl (C=O) groups excluding carboxylic acids is 1. The molecule has 1 amide bonds. The summed E-state index contributed by atoms with van der Waals surface area (Å²) >= 11 is 0. The van der Waals surface area contributed by atoms with Crippen LogP contribution in [0.15, 0.2) is 18.3 Å². The van der Waals surface area contributed by atoms with Gasteiger partial charge in [0, 0.05) is 24.3 Å². The van der Waals surface area contributed by atoms with Crippen LogP contribution in [0.2, 0.25) is 0 Å². The molecule has 1 aliphatic rings. The fraction of sp³-hybridized carbons (Fsp3) is 0.714. The Morgan fingerprint density at radius 1 is 1.23 bits per heavy atom. The molecule has 1 fully saturated rings. The van der Waals surface area contributed by atoms with Gasteiger partial charge in [0.2, 0.25) is 0 Å². The van der Waals surface area contributed by atoms with Gasteiger partial charge in [0.15, 0.2) is 0 Å². The van der Waals surface area contributed by atoms with E-state index in [1.165, 1.54) is 24.8 Å². The molecule has 5 heteroatoms. The number of amides is 1. The Kier molecular flexibility index (Phi) is 6.67. The minimum atomic E-state index is -0.524. The molecular weight excluding hydrogens is 326 g/mol. The van der Waals surface area contributed by atoms with Gasteiger partial charge in [0.05, 0.1) is 0 Å². The van der Waals surface area contributed by atoms with Crippen LogP contribution in [0.25, 0.3) is 0 Å². The number of nitrogens with zero attached hydrogens (tertiary/aromatic N) is 3. The molecule has 1 aromatic rings. The largest absolute Gasteiger partial charge is 0.443 e. The molecule has 1 unspecified atom stereocenters. The molecule has 0 aromatic carbocycles. The summed E-state index contributed by atoms with van der Waals surface area (Å²) in [6.07, 6.45) is 5.26. The molecule has 1 atom stereocenters. The minimum Gasteiger partial charge on any atom is -0.443 e. The second kappa shape index (κ2) is 8.38. The fourth-order valence-corrected chi connectivity index (χ4v) is 3.55. The van der Waals surface area contributed by atoms with Crippen LogP contribution in [-0.4, -0.2) is 40.2 Å². The number of piperidine rings is 1. The number of likely N-dealkylation sites (tertiary alicyclic amines) is 1. The number of aromatic nitrogens is 1. The van der Waals surface area contributed by atoms with Gasteiger partial charge in [-0.1, -0.05) is 12.5 Å². The first kappa shape index (κ1) is 20.7. The average molecular weight is 362 g/mol. The SMILES string of the molecule is CC(C)N(C(=O)OC(C)(C)C)c1ccc(C2CCCCN2C(C)C)cn1. The lowest BCUT2D eigenvalue weighted by Gasteiger charge is -2.39. The predicted octanol–water partition coefficient (Wildman–Crippen LogP) is 5.17. The fourth-order valence-electron chi connectivity index (χ4n) is 3.55. The Morgan fingerprint density at radius 2 is 1.92 bits per heavy atom. The summed E-state index contributed by atoms with van der Waals surface area (Å²) in [6, 6.07) is 4.98. The summed E-state index contributed by atoms with van der Waals surface area (Å²) in [4.78, 5) is 21.4. The van der Waals surface area contributed by atoms with Crippen molar-refractivity contribution in [2.45, 2.75) is 91.5 Å². The quantitative estimate of drug-likeness (QED) is 0.742. The van der Waals surface area contributed by atoms with Gasteiger partial charge in [-0.3, -0.25) is 9.80 Å². The maximum absolute atomic E-state index is 12.6. The zero-order valence-electron chi connectivity index (χ0n) is 17.5. The Labute approximate surface area is 158 Å². The number of hydrogen-bond donors (Lipinski definition) is 0. The van der Waals surface area contributed by atoms with Crippen LogP contribution in [0.5, 0.6) is 0 Å². The molecular formula is C21H35N3O2. The van der Waals surface area contributed by atoms with Crippen molar-refractivity contribution in [3.63, 3.8) is 0 Å². The van der Waals surface area contributed by atoms with E-state index in [-0.39, 0.29) is 12.1 Å². The van der Waals surface area contributed by atoms with E-state index >= 15 is 0 Å². The highest BCUT2D eigenvalue weighted by molar-refractivity contribution is 5.87. The van der Waals surface area contributed by atoms with E-state index in [9.17, 15) is 4.79 Å². The Balaban J connectivity index is 2.21. The number of carbonyl (C=O) groups is 1. The number of hydrogen-bond acceptors (Lipinski definition) is 4. The molecule has 0 saturated carbocycles. The second-order valence-corrected chi connectivity index (χ2v) is 8.74. The molecule has 5 nitrogen and oxygen atoms in total. The van der Waals surface area contributed by atoms with Gasteiger partial charge in [-0.15, -0.1) is 0 Å². The van der Waals surface area contributed by atoms with Crippen molar-refractivity contribution in [2.24, 2.45) is 0 Å². The standard InChI is InChI=1S/C21H35N3O2/c1-15(2)23-13-9-8-10-18(23)17-11-12-19(22-14-17)24(16(3)4)20(25)26-21(5,6)7/h11-12,14-16,18H,8-10,13H2,1-7H3. The number of rotatable bonds is 4. The highest BCUT2D eigenvalue weighted by Gasteiger charge is 2.28. The molecule has 1 saturated heterocycles. The summed E-state index contributed by atoms with van der Waals surface area (Å²) in [5.41, 5.74) is 0.708. The summed E-state index contributed by atoms with van der Waals surface area (Å²) in [5, 5.41) is 0. The Hall–Kier alpha value is -1.62. The van der Waals surface area contributed by atoms with Crippen molar-refractivity contribution >= 4 is 11.9 Å². The summed E-state index contributed by atoms with van der Waals surface area (Å²) < 4.78 is 5.55. The van der Waals surface area contributed by atoms with Gasteiger partial charge in [0.1, 0.15) is 11.4 Å². The van der Waals surface area contributed by atoms with Crippen molar-refractivity contribution in [1.82, 2.24) is 9.88 Å². The smallest absolute Gasteiger partial charge is 0.416 e. The maximum atomic E-state index is 12.6. The lowest BCUT2D eigenvalue weighted by Crippen LogP contribution is -2.41. The summed E-state index contributed by atoms with van der Waals surface area (Å²) in [6.45, 7) is 15.2. The third-order valence-corrected chi connectivity index (χ3v) is 4.72. The van der Waals surface area contributed by atoms with Gasteiger partial charge >= 0.3 is 6.09 Å². The second-order valence-electron chi connectivity index (χ2n) is 8.74. The van der Waals surface area contributed by atoms with Crippen molar-refractivity contribution < 1.29 is 9.53 Å². The monoisotopic (exact) mass is 361 g/mol. The van der Waals surface area contributed by atoms with E-state index in [4.69, 9.17) is 4.74 Å². The minimum absolute atomic E-state index is 0.0231. The summed E-state index contributed by atoms with van der Waals surface area (Å²) in [5.74, 6) is 0.643. The summed E-state index contributed by atoms with van der Waals surface area (Å²) in [7, 11) is 0. The van der Waals surface area contributed by atoms with Gasteiger partial charge < -0.3 is 4.74 Å². The first-order valence-electron chi connectivity index (χ1n) is 9.84. The van der Waals surface area contributed by atoms with Gasteiger partial charge in [-0.05, 0) is 79.5 Å². The Bertz CT molecular complexity index is 590. The third kappa shape index (κ3) is 5.19. The first-order valence-corrected chi connectivity index (χ1v) is 9.84. The zero-order chi connectivity index (χ0) is 19.5. The Morgan fingerprint density at radius 3 is 2.42 bits per heavy atom. The van der Waals surface area contributed by atoms with Crippen LogP contribution in [0.4, 0.5) is 10.6 Å². The van der Waals surface area contributed by atoms with E-state index in [0.717, 1.165) is 6.54 Å². The van der Waals surface area contributed by atoms with E-state index in [2.05, 4.69) is 29.8 Å². The lowest BCUT2D eigenvalue weighted by atomic mass is 9.95. The molecule has 26 heavy (non-hydrogen) atoms. The molecule has 0 N–H and O–H groups in total. The molecule has 146 valence electrons. The third-order valence-electron chi connectivity index (χ3n) is 4.72. The molecule has 2 heterocycles. The maximum Gasteiger partial charge on any atom is 0.416 e. The molecule has 0 aliphatic carbocycles. The molecule has 0 bridgehead atoms. The van der Waals surface area contributed by atoms with Crippen molar-refractivity contribution in [3.05, 3.63) is 23.9 Å². The van der Waals surface area contributed by atoms with Crippen LogP contribution in [-0.2, 0) is 4.74 Å².